The fourth-order valence-corrected chi connectivity index (χ4v) is 5.76. The van der Waals surface area contributed by atoms with E-state index in [4.69, 9.17) is 28.3 Å². The predicted octanol–water partition coefficient (Wildman–Crippen LogP) is 1.84. The van der Waals surface area contributed by atoms with Crippen molar-refractivity contribution in [2.45, 2.75) is 11.3 Å². The maximum absolute atomic E-state index is 12.6. The van der Waals surface area contributed by atoms with Crippen molar-refractivity contribution in [1.82, 2.24) is 9.21 Å². The number of nitrogens with zero attached hydrogens (tertiary/aromatic N) is 2. The molecule has 0 amide bonds. The topological polar surface area (TPSA) is 77.9 Å². The number of thiophene rings is 1. The zero-order chi connectivity index (χ0) is 15.6. The number of sulfonamides is 1. The van der Waals surface area contributed by atoms with Crippen LogP contribution in [0.4, 0.5) is 0 Å². The van der Waals surface area contributed by atoms with E-state index >= 15 is 0 Å². The lowest BCUT2D eigenvalue weighted by molar-refractivity contribution is -0.138. The van der Waals surface area contributed by atoms with Crippen molar-refractivity contribution in [3.63, 3.8) is 0 Å². The standard InChI is InChI=1S/C11H14Cl2N2O4S2/c12-9-6-8(11(13)20-9)21(18,19)15-3-1-2-14(4-5-15)7-10(16)17/h6H,1-5,7H2,(H,16,17). The van der Waals surface area contributed by atoms with Crippen molar-refractivity contribution < 1.29 is 18.3 Å². The first kappa shape index (κ1) is 17.0. The van der Waals surface area contributed by atoms with Crippen molar-refractivity contribution in [1.29, 1.82) is 0 Å². The van der Waals surface area contributed by atoms with E-state index in [-0.39, 0.29) is 22.3 Å². The number of carboxylic acids is 1. The molecule has 0 spiro atoms. The highest BCUT2D eigenvalue weighted by Gasteiger charge is 2.30. The summed E-state index contributed by atoms with van der Waals surface area (Å²) in [4.78, 5) is 12.5. The van der Waals surface area contributed by atoms with Gasteiger partial charge in [-0.15, -0.1) is 11.3 Å². The molecule has 0 radical (unpaired) electrons. The van der Waals surface area contributed by atoms with Gasteiger partial charge in [-0.25, -0.2) is 8.42 Å². The molecule has 10 heteroatoms. The van der Waals surface area contributed by atoms with E-state index in [1.165, 1.54) is 10.4 Å². The van der Waals surface area contributed by atoms with Gasteiger partial charge in [0.15, 0.2) is 0 Å². The van der Waals surface area contributed by atoms with E-state index in [2.05, 4.69) is 0 Å². The molecular formula is C11H14Cl2N2O4S2. The number of aliphatic carboxylic acids is 1. The highest BCUT2D eigenvalue weighted by atomic mass is 35.5. The molecule has 0 bridgehead atoms. The molecule has 1 aliphatic heterocycles. The third-order valence-electron chi connectivity index (χ3n) is 3.15. The quantitative estimate of drug-likeness (QED) is 0.872. The number of rotatable bonds is 4. The molecule has 2 rings (SSSR count). The first-order chi connectivity index (χ1) is 9.80. The van der Waals surface area contributed by atoms with Gasteiger partial charge in [-0.05, 0) is 12.5 Å². The van der Waals surface area contributed by atoms with E-state index < -0.39 is 16.0 Å². The highest BCUT2D eigenvalue weighted by molar-refractivity contribution is 7.89. The van der Waals surface area contributed by atoms with Gasteiger partial charge in [-0.2, -0.15) is 4.31 Å². The first-order valence-electron chi connectivity index (χ1n) is 6.20. The zero-order valence-corrected chi connectivity index (χ0v) is 14.1. The summed E-state index contributed by atoms with van der Waals surface area (Å²) in [5, 5.41) is 8.80. The van der Waals surface area contributed by atoms with Crippen LogP contribution in [0.3, 0.4) is 0 Å². The molecule has 1 aromatic heterocycles. The van der Waals surface area contributed by atoms with Crippen LogP contribution in [-0.4, -0.2) is 61.4 Å². The normalized spacial score (nSPS) is 18.6. The Hall–Kier alpha value is -0.380. The molecule has 118 valence electrons. The molecule has 2 heterocycles. The Morgan fingerprint density at radius 1 is 1.29 bits per heavy atom. The third-order valence-corrected chi connectivity index (χ3v) is 6.80. The summed E-state index contributed by atoms with van der Waals surface area (Å²) in [7, 11) is -3.69. The molecule has 0 aromatic carbocycles. The van der Waals surface area contributed by atoms with Gasteiger partial charge in [0.05, 0.1) is 10.9 Å². The van der Waals surface area contributed by atoms with Crippen LogP contribution in [0.2, 0.25) is 8.67 Å². The van der Waals surface area contributed by atoms with Gasteiger partial charge in [0, 0.05) is 26.2 Å². The lowest BCUT2D eigenvalue weighted by Gasteiger charge is -2.20. The van der Waals surface area contributed by atoms with Crippen LogP contribution in [0.25, 0.3) is 0 Å². The maximum atomic E-state index is 12.6. The molecule has 1 aromatic rings. The summed E-state index contributed by atoms with van der Waals surface area (Å²) in [6.07, 6.45) is 0.571. The molecule has 0 aliphatic carbocycles. The largest absolute Gasteiger partial charge is 0.480 e. The molecule has 6 nitrogen and oxygen atoms in total. The fraction of sp³-hybridized carbons (Fsp3) is 0.545. The van der Waals surface area contributed by atoms with E-state index in [1.54, 1.807) is 4.90 Å². The van der Waals surface area contributed by atoms with Crippen molar-refractivity contribution in [3.8, 4) is 0 Å². The number of carbonyl (C=O) groups is 1. The Morgan fingerprint density at radius 3 is 2.57 bits per heavy atom. The van der Waals surface area contributed by atoms with E-state index in [1.807, 2.05) is 0 Å². The Labute approximate surface area is 136 Å². The summed E-state index contributed by atoms with van der Waals surface area (Å²) < 4.78 is 26.9. The summed E-state index contributed by atoms with van der Waals surface area (Å²) in [6, 6.07) is 1.35. The van der Waals surface area contributed by atoms with Crippen LogP contribution in [-0.2, 0) is 14.8 Å². The van der Waals surface area contributed by atoms with Crippen LogP contribution in [0.1, 0.15) is 6.42 Å². The van der Waals surface area contributed by atoms with Gasteiger partial charge in [0.2, 0.25) is 10.0 Å². The molecule has 0 unspecified atom stereocenters. The fourth-order valence-electron chi connectivity index (χ4n) is 2.18. The molecule has 1 fully saturated rings. The molecular weight excluding hydrogens is 359 g/mol. The van der Waals surface area contributed by atoms with Gasteiger partial charge < -0.3 is 5.11 Å². The molecule has 0 atom stereocenters. The minimum Gasteiger partial charge on any atom is -0.480 e. The lowest BCUT2D eigenvalue weighted by Crippen LogP contribution is -2.36. The summed E-state index contributed by atoms with van der Waals surface area (Å²) >= 11 is 12.7. The van der Waals surface area contributed by atoms with Crippen molar-refractivity contribution >= 4 is 50.5 Å². The van der Waals surface area contributed by atoms with Crippen LogP contribution >= 0.6 is 34.5 Å². The van der Waals surface area contributed by atoms with Crippen LogP contribution in [0, 0.1) is 0 Å². The van der Waals surface area contributed by atoms with Gasteiger partial charge >= 0.3 is 5.97 Å². The molecule has 1 aliphatic rings. The second kappa shape index (κ2) is 6.80. The first-order valence-corrected chi connectivity index (χ1v) is 9.21. The van der Waals surface area contributed by atoms with E-state index in [9.17, 15) is 13.2 Å². The number of hydrogen-bond acceptors (Lipinski definition) is 5. The van der Waals surface area contributed by atoms with Gasteiger partial charge in [-0.3, -0.25) is 9.69 Å². The Bertz CT molecular complexity index is 632. The van der Waals surface area contributed by atoms with E-state index in [0.29, 0.717) is 30.4 Å². The zero-order valence-electron chi connectivity index (χ0n) is 11.0. The van der Waals surface area contributed by atoms with Crippen LogP contribution < -0.4 is 0 Å². The molecule has 21 heavy (non-hydrogen) atoms. The minimum atomic E-state index is -3.69. The minimum absolute atomic E-state index is 0.0193. The molecule has 1 N–H and O–H groups in total. The summed E-state index contributed by atoms with van der Waals surface area (Å²) in [6.45, 7) is 1.41. The summed E-state index contributed by atoms with van der Waals surface area (Å²) in [5.74, 6) is -0.918. The van der Waals surface area contributed by atoms with E-state index in [0.717, 1.165) is 11.3 Å². The van der Waals surface area contributed by atoms with Crippen LogP contribution in [0.15, 0.2) is 11.0 Å². The average molecular weight is 373 g/mol. The third kappa shape index (κ3) is 4.08. The highest BCUT2D eigenvalue weighted by Crippen LogP contribution is 2.35. The number of hydrogen-bond donors (Lipinski definition) is 1. The second-order valence-corrected chi connectivity index (χ2v) is 8.81. The number of halogens is 2. The van der Waals surface area contributed by atoms with Crippen molar-refractivity contribution in [2.75, 3.05) is 32.7 Å². The second-order valence-electron chi connectivity index (χ2n) is 4.62. The maximum Gasteiger partial charge on any atom is 0.317 e. The average Bonchev–Trinajstić information content (AvgIpc) is 2.60. The number of carboxylic acid groups (broad SMARTS) is 1. The van der Waals surface area contributed by atoms with Crippen LogP contribution in [0.5, 0.6) is 0 Å². The summed E-state index contributed by atoms with van der Waals surface area (Å²) in [5.41, 5.74) is 0. The SMILES string of the molecule is O=C(O)CN1CCCN(S(=O)(=O)c2cc(Cl)sc2Cl)CC1. The van der Waals surface area contributed by atoms with Crippen molar-refractivity contribution in [2.24, 2.45) is 0 Å². The Balaban J connectivity index is 2.14. The van der Waals surface area contributed by atoms with Gasteiger partial charge in [0.1, 0.15) is 9.23 Å². The van der Waals surface area contributed by atoms with Gasteiger partial charge in [-0.1, -0.05) is 23.2 Å². The monoisotopic (exact) mass is 372 g/mol. The van der Waals surface area contributed by atoms with Crippen molar-refractivity contribution in [3.05, 3.63) is 14.7 Å². The molecule has 1 saturated heterocycles. The van der Waals surface area contributed by atoms with Gasteiger partial charge in [0.25, 0.3) is 0 Å². The Morgan fingerprint density at radius 2 is 2.00 bits per heavy atom. The Kier molecular flexibility index (Phi) is 5.50. The lowest BCUT2D eigenvalue weighted by atomic mass is 10.4. The predicted molar refractivity (Wildman–Crippen MR) is 81.8 cm³/mol. The molecule has 0 saturated carbocycles. The smallest absolute Gasteiger partial charge is 0.317 e.